The van der Waals surface area contributed by atoms with Crippen molar-refractivity contribution in [3.8, 4) is 0 Å². The van der Waals surface area contributed by atoms with E-state index in [9.17, 15) is 0 Å². The van der Waals surface area contributed by atoms with Crippen LogP contribution in [0.2, 0.25) is 6.04 Å². The maximum atomic E-state index is 6.37. The van der Waals surface area contributed by atoms with Gasteiger partial charge in [-0.2, -0.15) is 0 Å². The van der Waals surface area contributed by atoms with Gasteiger partial charge in [0.15, 0.2) is 0 Å². The van der Waals surface area contributed by atoms with Gasteiger partial charge in [-0.3, -0.25) is 0 Å². The largest absolute Gasteiger partial charge is 0.393 e. The quantitative estimate of drug-likeness (QED) is 0.496. The van der Waals surface area contributed by atoms with E-state index in [0.29, 0.717) is 25.7 Å². The highest BCUT2D eigenvalue weighted by atomic mass is 28.4. The summed E-state index contributed by atoms with van der Waals surface area (Å²) in [6, 6.07) is 1.03. The number of hydrogen-bond acceptors (Lipinski definition) is 3. The molecule has 0 aliphatic carbocycles. The van der Waals surface area contributed by atoms with Crippen LogP contribution >= 0.6 is 0 Å². The highest BCUT2D eigenvalue weighted by molar-refractivity contribution is 6.71. The number of hydrogen-bond donors (Lipinski definition) is 0. The molecule has 0 aromatic heterocycles. The average molecular weight is 301 g/mol. The van der Waals surface area contributed by atoms with Crippen LogP contribution in [0.1, 0.15) is 53.9 Å². The average Bonchev–Trinajstić information content (AvgIpc) is 2.41. The minimum Gasteiger partial charge on any atom is -0.393 e. The topological polar surface area (TPSA) is 27.7 Å². The van der Waals surface area contributed by atoms with Crippen molar-refractivity contribution in [3.05, 3.63) is 12.2 Å². The molecule has 2 atom stereocenters. The van der Waals surface area contributed by atoms with Crippen molar-refractivity contribution in [1.29, 1.82) is 0 Å². The Hall–Kier alpha value is -0.163. The fourth-order valence-corrected chi connectivity index (χ4v) is 8.59. The lowest BCUT2D eigenvalue weighted by molar-refractivity contribution is -0.0673. The van der Waals surface area contributed by atoms with Crippen LogP contribution in [0.15, 0.2) is 12.2 Å². The first-order valence-electron chi connectivity index (χ1n) is 8.10. The molecule has 1 fully saturated rings. The van der Waals surface area contributed by atoms with Gasteiger partial charge in [-0.25, -0.2) is 0 Å². The van der Waals surface area contributed by atoms with Gasteiger partial charge in [0.05, 0.1) is 0 Å². The number of ether oxygens (including phenoxy) is 1. The van der Waals surface area contributed by atoms with Gasteiger partial charge < -0.3 is 13.6 Å². The molecule has 0 radical (unpaired) electrons. The van der Waals surface area contributed by atoms with Crippen molar-refractivity contribution in [3.63, 3.8) is 0 Å². The predicted octanol–water partition coefficient (Wildman–Crippen LogP) is 4.21. The third-order valence-corrected chi connectivity index (χ3v) is 9.14. The van der Waals surface area contributed by atoms with E-state index in [-0.39, 0.29) is 5.22 Å². The molecule has 1 rings (SSSR count). The molecule has 0 saturated carbocycles. The van der Waals surface area contributed by atoms with E-state index in [0.717, 1.165) is 25.3 Å². The van der Waals surface area contributed by atoms with E-state index in [4.69, 9.17) is 13.6 Å². The molecule has 118 valence electrons. The second kappa shape index (κ2) is 7.73. The van der Waals surface area contributed by atoms with Crippen LogP contribution in [-0.2, 0) is 13.6 Å². The minimum atomic E-state index is -2.39. The molecule has 0 aromatic carbocycles. The molecule has 0 aromatic rings. The lowest BCUT2D eigenvalue weighted by atomic mass is 9.88. The Morgan fingerprint density at radius 2 is 1.75 bits per heavy atom. The van der Waals surface area contributed by atoms with Crippen molar-refractivity contribution >= 4 is 8.56 Å². The van der Waals surface area contributed by atoms with Gasteiger partial charge in [0.2, 0.25) is 0 Å². The highest BCUT2D eigenvalue weighted by Crippen LogP contribution is 2.48. The lowest BCUT2D eigenvalue weighted by Gasteiger charge is -2.53. The van der Waals surface area contributed by atoms with Crippen LogP contribution in [0.5, 0.6) is 0 Å². The summed E-state index contributed by atoms with van der Waals surface area (Å²) in [4.78, 5) is 0. The van der Waals surface area contributed by atoms with Crippen LogP contribution in [0, 0.1) is 5.92 Å². The standard InChI is InChI=1S/C16H32O3Si/c1-7-16(17-8-2)15(14(5)6)12-11-13-20(16,18-9-3)19-10-4/h15H,5,7-13H2,1-4,6H3. The van der Waals surface area contributed by atoms with Crippen LogP contribution in [0.3, 0.4) is 0 Å². The first kappa shape index (κ1) is 17.9. The highest BCUT2D eigenvalue weighted by Gasteiger charge is 2.63. The molecular formula is C16H32O3Si. The van der Waals surface area contributed by atoms with Crippen molar-refractivity contribution < 1.29 is 13.6 Å². The second-order valence-corrected chi connectivity index (χ2v) is 9.02. The molecule has 0 spiro atoms. The van der Waals surface area contributed by atoms with Gasteiger partial charge in [-0.1, -0.05) is 25.5 Å². The Bertz CT molecular complexity index is 307. The molecule has 1 aliphatic rings. The second-order valence-electron chi connectivity index (χ2n) is 5.59. The van der Waals surface area contributed by atoms with Gasteiger partial charge in [0.25, 0.3) is 0 Å². The van der Waals surface area contributed by atoms with Crippen LogP contribution in [-0.4, -0.2) is 33.6 Å². The van der Waals surface area contributed by atoms with Crippen LogP contribution < -0.4 is 0 Å². The first-order valence-corrected chi connectivity index (χ1v) is 10.1. The van der Waals surface area contributed by atoms with Gasteiger partial charge in [0, 0.05) is 25.7 Å². The number of rotatable bonds is 8. The Balaban J connectivity index is 3.30. The molecule has 0 amide bonds. The Kier molecular flexibility index (Phi) is 6.92. The first-order chi connectivity index (χ1) is 9.53. The van der Waals surface area contributed by atoms with E-state index in [2.05, 4.69) is 41.2 Å². The summed E-state index contributed by atoms with van der Waals surface area (Å²) in [5.41, 5.74) is 1.20. The van der Waals surface area contributed by atoms with Gasteiger partial charge >= 0.3 is 8.56 Å². The van der Waals surface area contributed by atoms with Crippen LogP contribution in [0.25, 0.3) is 0 Å². The molecule has 20 heavy (non-hydrogen) atoms. The summed E-state index contributed by atoms with van der Waals surface area (Å²) in [7, 11) is -2.39. The summed E-state index contributed by atoms with van der Waals surface area (Å²) < 4.78 is 19.0. The molecule has 0 N–H and O–H groups in total. The summed E-state index contributed by atoms with van der Waals surface area (Å²) in [6.07, 6.45) is 3.22. The molecule has 0 bridgehead atoms. The normalized spacial score (nSPS) is 29.4. The molecule has 3 nitrogen and oxygen atoms in total. The lowest BCUT2D eigenvalue weighted by Crippen LogP contribution is -2.69. The smallest absolute Gasteiger partial charge is 0.371 e. The molecule has 1 heterocycles. The fourth-order valence-electron chi connectivity index (χ4n) is 3.88. The van der Waals surface area contributed by atoms with E-state index >= 15 is 0 Å². The summed E-state index contributed by atoms with van der Waals surface area (Å²) >= 11 is 0. The predicted molar refractivity (Wildman–Crippen MR) is 86.0 cm³/mol. The summed E-state index contributed by atoms with van der Waals surface area (Å²) in [5, 5.41) is -0.280. The molecule has 1 saturated heterocycles. The van der Waals surface area contributed by atoms with Crippen molar-refractivity contribution in [2.45, 2.75) is 65.1 Å². The van der Waals surface area contributed by atoms with E-state index < -0.39 is 8.56 Å². The van der Waals surface area contributed by atoms with E-state index in [1.54, 1.807) is 0 Å². The molecule has 1 aliphatic heterocycles. The van der Waals surface area contributed by atoms with E-state index in [1.165, 1.54) is 5.57 Å². The molecular weight excluding hydrogens is 268 g/mol. The summed E-state index contributed by atoms with van der Waals surface area (Å²) in [6.45, 7) is 16.8. The van der Waals surface area contributed by atoms with Gasteiger partial charge in [-0.15, -0.1) is 0 Å². The Morgan fingerprint density at radius 3 is 2.15 bits per heavy atom. The minimum absolute atomic E-state index is 0.280. The molecule has 2 unspecified atom stereocenters. The Labute approximate surface area is 125 Å². The Morgan fingerprint density at radius 1 is 1.15 bits per heavy atom. The monoisotopic (exact) mass is 300 g/mol. The third-order valence-electron chi connectivity index (χ3n) is 4.48. The maximum Gasteiger partial charge on any atom is 0.371 e. The van der Waals surface area contributed by atoms with Crippen molar-refractivity contribution in [1.82, 2.24) is 0 Å². The fraction of sp³-hybridized carbons (Fsp3) is 0.875. The van der Waals surface area contributed by atoms with Gasteiger partial charge in [0.1, 0.15) is 5.22 Å². The zero-order valence-corrected chi connectivity index (χ0v) is 15.0. The van der Waals surface area contributed by atoms with Crippen molar-refractivity contribution in [2.75, 3.05) is 19.8 Å². The summed E-state index contributed by atoms with van der Waals surface area (Å²) in [5.74, 6) is 0.353. The zero-order chi connectivity index (χ0) is 15.2. The zero-order valence-electron chi connectivity index (χ0n) is 14.0. The maximum absolute atomic E-state index is 6.37. The van der Waals surface area contributed by atoms with Crippen molar-refractivity contribution in [2.24, 2.45) is 5.92 Å². The molecule has 4 heteroatoms. The SMILES string of the molecule is C=C(C)C1CCC[Si](OCC)(OCC)C1(CC)OCC. The van der Waals surface area contributed by atoms with E-state index in [1.807, 2.05) is 0 Å². The van der Waals surface area contributed by atoms with Gasteiger partial charge in [-0.05, 0) is 46.6 Å². The van der Waals surface area contributed by atoms with Crippen LogP contribution in [0.4, 0.5) is 0 Å². The third kappa shape index (κ3) is 3.03.